The van der Waals surface area contributed by atoms with Crippen LogP contribution in [0.3, 0.4) is 0 Å². The molecule has 0 saturated carbocycles. The minimum Gasteiger partial charge on any atom is -0.294 e. The average Bonchev–Trinajstić information content (AvgIpc) is 2.44. The van der Waals surface area contributed by atoms with E-state index in [1.54, 1.807) is 30.0 Å². The van der Waals surface area contributed by atoms with Crippen LogP contribution < -0.4 is 0 Å². The number of aryl methyl sites for hydroxylation is 1. The summed E-state index contributed by atoms with van der Waals surface area (Å²) in [5.41, 5.74) is 1.44. The SMILES string of the molecule is Cc1cccc(SCCCC(=O)c2ccccc2F)c1. The molecule has 0 spiro atoms. The minimum atomic E-state index is -0.427. The maximum absolute atomic E-state index is 13.4. The Morgan fingerprint density at radius 1 is 1.15 bits per heavy atom. The number of benzene rings is 2. The van der Waals surface area contributed by atoms with Crippen LogP contribution in [-0.2, 0) is 0 Å². The highest BCUT2D eigenvalue weighted by Gasteiger charge is 2.10. The summed E-state index contributed by atoms with van der Waals surface area (Å²) in [6, 6.07) is 14.4. The maximum Gasteiger partial charge on any atom is 0.165 e. The summed E-state index contributed by atoms with van der Waals surface area (Å²) in [6.07, 6.45) is 1.14. The van der Waals surface area contributed by atoms with Crippen LogP contribution in [0.2, 0.25) is 0 Å². The molecule has 0 amide bonds. The van der Waals surface area contributed by atoms with Crippen LogP contribution in [0.25, 0.3) is 0 Å². The third kappa shape index (κ3) is 4.20. The van der Waals surface area contributed by atoms with Crippen molar-refractivity contribution in [2.24, 2.45) is 0 Å². The number of halogens is 1. The zero-order valence-electron chi connectivity index (χ0n) is 11.4. The van der Waals surface area contributed by atoms with Gasteiger partial charge in [-0.15, -0.1) is 11.8 Å². The second-order valence-electron chi connectivity index (χ2n) is 4.67. The molecule has 3 heteroatoms. The molecule has 0 aliphatic rings. The normalized spacial score (nSPS) is 10.5. The molecule has 0 saturated heterocycles. The van der Waals surface area contributed by atoms with Crippen molar-refractivity contribution in [2.75, 3.05) is 5.75 Å². The molecule has 0 atom stereocenters. The summed E-state index contributed by atoms with van der Waals surface area (Å²) in [5.74, 6) is 0.320. The van der Waals surface area contributed by atoms with Gasteiger partial charge in [-0.05, 0) is 43.4 Å². The second-order valence-corrected chi connectivity index (χ2v) is 5.84. The Labute approximate surface area is 123 Å². The molecule has 0 radical (unpaired) electrons. The Morgan fingerprint density at radius 2 is 1.95 bits per heavy atom. The van der Waals surface area contributed by atoms with Gasteiger partial charge in [0.25, 0.3) is 0 Å². The van der Waals surface area contributed by atoms with E-state index in [4.69, 9.17) is 0 Å². The van der Waals surface area contributed by atoms with Crippen LogP contribution in [0.15, 0.2) is 53.4 Å². The van der Waals surface area contributed by atoms with E-state index in [0.29, 0.717) is 6.42 Å². The van der Waals surface area contributed by atoms with E-state index in [9.17, 15) is 9.18 Å². The Kier molecular flexibility index (Phi) is 5.36. The van der Waals surface area contributed by atoms with Crippen molar-refractivity contribution < 1.29 is 9.18 Å². The fourth-order valence-corrected chi connectivity index (χ4v) is 2.92. The Morgan fingerprint density at radius 3 is 2.70 bits per heavy atom. The average molecular weight is 288 g/mol. The van der Waals surface area contributed by atoms with Crippen molar-refractivity contribution in [2.45, 2.75) is 24.7 Å². The first-order valence-electron chi connectivity index (χ1n) is 6.64. The van der Waals surface area contributed by atoms with Crippen molar-refractivity contribution in [1.82, 2.24) is 0 Å². The standard InChI is InChI=1S/C17H17FOS/c1-13-6-4-7-14(12-13)20-11-5-10-17(19)15-8-2-3-9-16(15)18/h2-4,6-9,12H,5,10-11H2,1H3. The zero-order chi connectivity index (χ0) is 14.4. The molecule has 20 heavy (non-hydrogen) atoms. The van der Waals surface area contributed by atoms with Gasteiger partial charge in [0.2, 0.25) is 0 Å². The third-order valence-electron chi connectivity index (χ3n) is 2.98. The van der Waals surface area contributed by atoms with Gasteiger partial charge in [-0.3, -0.25) is 4.79 Å². The van der Waals surface area contributed by atoms with Crippen molar-refractivity contribution in [3.8, 4) is 0 Å². The van der Waals surface area contributed by atoms with Gasteiger partial charge in [0, 0.05) is 11.3 Å². The van der Waals surface area contributed by atoms with Gasteiger partial charge in [0.1, 0.15) is 5.82 Å². The molecule has 104 valence electrons. The largest absolute Gasteiger partial charge is 0.294 e. The highest BCUT2D eigenvalue weighted by atomic mass is 32.2. The molecule has 0 bridgehead atoms. The van der Waals surface area contributed by atoms with E-state index in [1.807, 2.05) is 6.07 Å². The second kappa shape index (κ2) is 7.25. The van der Waals surface area contributed by atoms with Crippen molar-refractivity contribution in [3.05, 3.63) is 65.5 Å². The van der Waals surface area contributed by atoms with Gasteiger partial charge in [-0.2, -0.15) is 0 Å². The van der Waals surface area contributed by atoms with Crippen LogP contribution in [-0.4, -0.2) is 11.5 Å². The lowest BCUT2D eigenvalue weighted by Gasteiger charge is -2.04. The van der Waals surface area contributed by atoms with Crippen LogP contribution in [0.1, 0.15) is 28.8 Å². The molecule has 0 aliphatic heterocycles. The number of carbonyl (C=O) groups excluding carboxylic acids is 1. The number of ketones is 1. The van der Waals surface area contributed by atoms with Gasteiger partial charge >= 0.3 is 0 Å². The summed E-state index contributed by atoms with van der Waals surface area (Å²) >= 11 is 1.73. The summed E-state index contributed by atoms with van der Waals surface area (Å²) < 4.78 is 13.4. The third-order valence-corrected chi connectivity index (χ3v) is 4.06. The quantitative estimate of drug-likeness (QED) is 0.428. The smallest absolute Gasteiger partial charge is 0.165 e. The van der Waals surface area contributed by atoms with E-state index >= 15 is 0 Å². The number of hydrogen-bond acceptors (Lipinski definition) is 2. The number of Topliss-reactive ketones (excluding diaryl/α,β-unsaturated/α-hetero) is 1. The molecule has 1 nitrogen and oxygen atoms in total. The highest BCUT2D eigenvalue weighted by Crippen LogP contribution is 2.21. The van der Waals surface area contributed by atoms with Crippen LogP contribution in [0.5, 0.6) is 0 Å². The van der Waals surface area contributed by atoms with Gasteiger partial charge in [-0.1, -0.05) is 29.8 Å². The van der Waals surface area contributed by atoms with Crippen molar-refractivity contribution >= 4 is 17.5 Å². The molecule has 2 aromatic rings. The van der Waals surface area contributed by atoms with E-state index in [2.05, 4.69) is 25.1 Å². The topological polar surface area (TPSA) is 17.1 Å². The molecule has 2 rings (SSSR count). The first kappa shape index (κ1) is 14.8. The van der Waals surface area contributed by atoms with E-state index in [-0.39, 0.29) is 11.3 Å². The molecule has 0 N–H and O–H groups in total. The summed E-state index contributed by atoms with van der Waals surface area (Å²) in [5, 5.41) is 0. The van der Waals surface area contributed by atoms with Gasteiger partial charge in [0.15, 0.2) is 5.78 Å². The predicted molar refractivity (Wildman–Crippen MR) is 81.9 cm³/mol. The van der Waals surface area contributed by atoms with Crippen molar-refractivity contribution in [3.63, 3.8) is 0 Å². The molecule has 0 unspecified atom stereocenters. The number of carbonyl (C=O) groups is 1. The fraction of sp³-hybridized carbons (Fsp3) is 0.235. The lowest BCUT2D eigenvalue weighted by atomic mass is 10.1. The summed E-state index contributed by atoms with van der Waals surface area (Å²) in [7, 11) is 0. The van der Waals surface area contributed by atoms with Crippen LogP contribution in [0, 0.1) is 12.7 Å². The molecular formula is C17H17FOS. The van der Waals surface area contributed by atoms with E-state index in [1.165, 1.54) is 16.5 Å². The first-order chi connectivity index (χ1) is 9.66. The van der Waals surface area contributed by atoms with E-state index < -0.39 is 5.82 Å². The van der Waals surface area contributed by atoms with Crippen LogP contribution >= 0.6 is 11.8 Å². The molecule has 0 fully saturated rings. The lowest BCUT2D eigenvalue weighted by Crippen LogP contribution is -2.02. The molecule has 0 aliphatic carbocycles. The maximum atomic E-state index is 13.4. The Bertz CT molecular complexity index is 595. The number of thioether (sulfide) groups is 1. The van der Waals surface area contributed by atoms with Crippen molar-refractivity contribution in [1.29, 1.82) is 0 Å². The minimum absolute atomic E-state index is 0.118. The molecule has 2 aromatic carbocycles. The zero-order valence-corrected chi connectivity index (χ0v) is 12.3. The molecule has 0 aromatic heterocycles. The predicted octanol–water partition coefficient (Wildman–Crippen LogP) is 4.89. The monoisotopic (exact) mass is 288 g/mol. The summed E-state index contributed by atoms with van der Waals surface area (Å²) in [4.78, 5) is 13.1. The lowest BCUT2D eigenvalue weighted by molar-refractivity contribution is 0.0978. The van der Waals surface area contributed by atoms with Crippen LogP contribution in [0.4, 0.5) is 4.39 Å². The Hall–Kier alpha value is -1.61. The van der Waals surface area contributed by atoms with E-state index in [0.717, 1.165) is 12.2 Å². The molecule has 0 heterocycles. The number of hydrogen-bond donors (Lipinski definition) is 0. The molecular weight excluding hydrogens is 271 g/mol. The van der Waals surface area contributed by atoms with Gasteiger partial charge in [-0.25, -0.2) is 4.39 Å². The Balaban J connectivity index is 1.79. The first-order valence-corrected chi connectivity index (χ1v) is 7.62. The van der Waals surface area contributed by atoms with Gasteiger partial charge in [0.05, 0.1) is 5.56 Å². The highest BCUT2D eigenvalue weighted by molar-refractivity contribution is 7.99. The fourth-order valence-electron chi connectivity index (χ4n) is 1.95. The van der Waals surface area contributed by atoms with Gasteiger partial charge < -0.3 is 0 Å². The number of rotatable bonds is 6. The summed E-state index contributed by atoms with van der Waals surface area (Å²) in [6.45, 7) is 2.06.